The SMILES string of the molecule is Clc1ccc2c(c1Br)CCc1cc(Br)cnc1CC2.O=C(CC1CCNCC1)N1CCCCC1. The number of rotatable bonds is 2. The highest BCUT2D eigenvalue weighted by atomic mass is 79.9. The Kier molecular flexibility index (Phi) is 9.87. The highest BCUT2D eigenvalue weighted by Crippen LogP contribution is 2.32. The van der Waals surface area contributed by atoms with Crippen molar-refractivity contribution >= 4 is 49.4 Å². The maximum atomic E-state index is 12.0. The van der Waals surface area contributed by atoms with Gasteiger partial charge in [0.25, 0.3) is 0 Å². The van der Waals surface area contributed by atoms with E-state index in [1.807, 2.05) is 12.3 Å². The summed E-state index contributed by atoms with van der Waals surface area (Å²) >= 11 is 13.3. The van der Waals surface area contributed by atoms with E-state index in [2.05, 4.69) is 59.2 Å². The lowest BCUT2D eigenvalue weighted by Crippen LogP contribution is -2.38. The molecule has 2 fully saturated rings. The number of hydrogen-bond donors (Lipinski definition) is 1. The molecule has 0 unspecified atom stereocenters. The van der Waals surface area contributed by atoms with Crippen molar-refractivity contribution in [2.24, 2.45) is 5.92 Å². The molecule has 0 atom stereocenters. The van der Waals surface area contributed by atoms with E-state index in [9.17, 15) is 4.79 Å². The van der Waals surface area contributed by atoms with Crippen LogP contribution in [0.4, 0.5) is 0 Å². The van der Waals surface area contributed by atoms with E-state index in [-0.39, 0.29) is 0 Å². The van der Waals surface area contributed by atoms with Gasteiger partial charge in [0.1, 0.15) is 0 Å². The van der Waals surface area contributed by atoms with Crippen molar-refractivity contribution in [1.82, 2.24) is 15.2 Å². The maximum Gasteiger partial charge on any atom is 0.222 e. The highest BCUT2D eigenvalue weighted by molar-refractivity contribution is 9.10. The number of piperidine rings is 2. The zero-order valence-electron chi connectivity index (χ0n) is 19.7. The monoisotopic (exact) mass is 609 g/mol. The van der Waals surface area contributed by atoms with Crippen molar-refractivity contribution in [1.29, 1.82) is 0 Å². The predicted molar refractivity (Wildman–Crippen MR) is 147 cm³/mol. The number of nitrogens with zero attached hydrogens (tertiary/aromatic N) is 2. The van der Waals surface area contributed by atoms with Crippen molar-refractivity contribution in [2.75, 3.05) is 26.2 Å². The Bertz CT molecular complexity index is 988. The summed E-state index contributed by atoms with van der Waals surface area (Å²) in [6, 6.07) is 6.31. The van der Waals surface area contributed by atoms with Crippen LogP contribution in [0.25, 0.3) is 0 Å². The molecule has 3 heterocycles. The first kappa shape index (κ1) is 26.1. The number of halogens is 3. The Morgan fingerprint density at radius 3 is 2.53 bits per heavy atom. The minimum Gasteiger partial charge on any atom is -0.343 e. The van der Waals surface area contributed by atoms with Crippen molar-refractivity contribution in [3.05, 3.63) is 60.7 Å². The molecule has 3 aliphatic rings. The average Bonchev–Trinajstić information content (AvgIpc) is 2.85. The lowest BCUT2D eigenvalue weighted by Gasteiger charge is -2.29. The summed E-state index contributed by atoms with van der Waals surface area (Å²) < 4.78 is 2.11. The second-order valence-corrected chi connectivity index (χ2v) is 11.7. The summed E-state index contributed by atoms with van der Waals surface area (Å²) in [7, 11) is 0. The normalized spacial score (nSPS) is 18.6. The Morgan fingerprint density at radius 2 is 1.76 bits per heavy atom. The van der Waals surface area contributed by atoms with Crippen LogP contribution in [0.3, 0.4) is 0 Å². The lowest BCUT2D eigenvalue weighted by molar-refractivity contribution is -0.133. The predicted octanol–water partition coefficient (Wildman–Crippen LogP) is 6.53. The first-order chi connectivity index (χ1) is 16.5. The fourth-order valence-electron chi connectivity index (χ4n) is 5.21. The van der Waals surface area contributed by atoms with Gasteiger partial charge in [-0.3, -0.25) is 9.78 Å². The van der Waals surface area contributed by atoms with E-state index in [1.54, 1.807) is 0 Å². The Morgan fingerprint density at radius 1 is 1.03 bits per heavy atom. The molecule has 0 saturated carbocycles. The number of likely N-dealkylation sites (tertiary alicyclic amines) is 1. The van der Waals surface area contributed by atoms with Gasteiger partial charge in [-0.1, -0.05) is 17.7 Å². The van der Waals surface area contributed by atoms with Gasteiger partial charge in [0.2, 0.25) is 5.91 Å². The number of hydrogen-bond acceptors (Lipinski definition) is 3. The summed E-state index contributed by atoms with van der Waals surface area (Å²) in [5, 5.41) is 4.14. The lowest BCUT2D eigenvalue weighted by atomic mass is 9.91. The molecule has 4 nitrogen and oxygen atoms in total. The van der Waals surface area contributed by atoms with Gasteiger partial charge in [-0.25, -0.2) is 0 Å². The van der Waals surface area contributed by atoms with Gasteiger partial charge >= 0.3 is 0 Å². The summed E-state index contributed by atoms with van der Waals surface area (Å²) in [5.41, 5.74) is 5.29. The van der Waals surface area contributed by atoms with Gasteiger partial charge in [0.15, 0.2) is 0 Å². The Labute approximate surface area is 225 Å². The molecule has 0 bridgehead atoms. The molecule has 1 aliphatic carbocycles. The molecular formula is C27H34Br2ClN3O. The van der Waals surface area contributed by atoms with E-state index < -0.39 is 0 Å². The molecule has 1 aromatic carbocycles. The molecule has 184 valence electrons. The fourth-order valence-corrected chi connectivity index (χ4v) is 6.35. The first-order valence-corrected chi connectivity index (χ1v) is 14.5. The molecule has 1 amide bonds. The number of carbonyl (C=O) groups excluding carboxylic acids is 1. The van der Waals surface area contributed by atoms with Crippen LogP contribution in [0.5, 0.6) is 0 Å². The number of carbonyl (C=O) groups is 1. The molecule has 1 aromatic heterocycles. The molecule has 5 rings (SSSR count). The van der Waals surface area contributed by atoms with Crippen molar-refractivity contribution in [3.63, 3.8) is 0 Å². The van der Waals surface area contributed by atoms with Crippen LogP contribution in [-0.2, 0) is 30.5 Å². The van der Waals surface area contributed by atoms with Crippen LogP contribution in [-0.4, -0.2) is 42.0 Å². The van der Waals surface area contributed by atoms with Crippen LogP contribution in [0.2, 0.25) is 5.02 Å². The van der Waals surface area contributed by atoms with Crippen molar-refractivity contribution in [2.45, 2.75) is 64.2 Å². The number of nitrogens with one attached hydrogen (secondary N) is 1. The number of benzene rings is 1. The third-order valence-electron chi connectivity index (χ3n) is 7.23. The van der Waals surface area contributed by atoms with Crippen molar-refractivity contribution in [3.8, 4) is 0 Å². The quantitative estimate of drug-likeness (QED) is 0.420. The van der Waals surface area contributed by atoms with E-state index in [0.29, 0.717) is 11.8 Å². The largest absolute Gasteiger partial charge is 0.343 e. The van der Waals surface area contributed by atoms with E-state index in [1.165, 1.54) is 54.5 Å². The zero-order valence-corrected chi connectivity index (χ0v) is 23.7. The Hall–Kier alpha value is -0.950. The molecule has 34 heavy (non-hydrogen) atoms. The number of aromatic nitrogens is 1. The zero-order chi connectivity index (χ0) is 23.9. The van der Waals surface area contributed by atoms with Gasteiger partial charge in [-0.15, -0.1) is 0 Å². The average molecular weight is 612 g/mol. The number of aryl methyl sites for hydroxylation is 3. The summed E-state index contributed by atoms with van der Waals surface area (Å²) in [6.07, 6.45) is 12.8. The molecule has 7 heteroatoms. The second kappa shape index (κ2) is 12.8. The molecule has 2 aromatic rings. The van der Waals surface area contributed by atoms with Crippen LogP contribution in [0.1, 0.15) is 60.9 Å². The third-order valence-corrected chi connectivity index (χ3v) is 9.11. The summed E-state index contributed by atoms with van der Waals surface area (Å²) in [6.45, 7) is 4.20. The van der Waals surface area contributed by atoms with E-state index in [4.69, 9.17) is 11.6 Å². The molecule has 0 spiro atoms. The van der Waals surface area contributed by atoms with Crippen LogP contribution >= 0.6 is 43.5 Å². The van der Waals surface area contributed by atoms with E-state index in [0.717, 1.165) is 72.3 Å². The number of amides is 1. The topological polar surface area (TPSA) is 45.2 Å². The van der Waals surface area contributed by atoms with E-state index >= 15 is 0 Å². The van der Waals surface area contributed by atoms with Crippen LogP contribution < -0.4 is 5.32 Å². The highest BCUT2D eigenvalue weighted by Gasteiger charge is 2.22. The van der Waals surface area contributed by atoms with Gasteiger partial charge in [-0.05, 0) is 137 Å². The maximum absolute atomic E-state index is 12.0. The van der Waals surface area contributed by atoms with Gasteiger partial charge in [-0.2, -0.15) is 0 Å². The molecule has 0 radical (unpaired) electrons. The number of fused-ring (bicyclic) bond motifs is 2. The molecule has 2 aliphatic heterocycles. The summed E-state index contributed by atoms with van der Waals surface area (Å²) in [5.74, 6) is 1.04. The molecular weight excluding hydrogens is 578 g/mol. The van der Waals surface area contributed by atoms with Crippen LogP contribution in [0, 0.1) is 5.92 Å². The number of pyridine rings is 1. The fraction of sp³-hybridized carbons (Fsp3) is 0.556. The van der Waals surface area contributed by atoms with Gasteiger partial charge in [0.05, 0.1) is 5.02 Å². The minimum absolute atomic E-state index is 0.404. The molecule has 1 N–H and O–H groups in total. The van der Waals surface area contributed by atoms with Crippen molar-refractivity contribution < 1.29 is 4.79 Å². The summed E-state index contributed by atoms with van der Waals surface area (Å²) in [4.78, 5) is 18.6. The third kappa shape index (κ3) is 7.05. The van der Waals surface area contributed by atoms with Gasteiger partial charge < -0.3 is 10.2 Å². The smallest absolute Gasteiger partial charge is 0.222 e. The Balaban J connectivity index is 0.000000166. The minimum atomic E-state index is 0.404. The molecule has 2 saturated heterocycles. The van der Waals surface area contributed by atoms with Crippen LogP contribution in [0.15, 0.2) is 33.3 Å². The second-order valence-electron chi connectivity index (χ2n) is 9.60. The first-order valence-electron chi connectivity index (χ1n) is 12.6. The van der Waals surface area contributed by atoms with Gasteiger partial charge in [0, 0.05) is 40.3 Å². The standard InChI is InChI=1S/C15H12Br2ClN.C12H22N2O/c16-11-7-10-1-4-12-9(2-5-13(18)15(12)17)3-6-14(10)19-8-11;15-12(14-8-2-1-3-9-14)10-11-4-6-13-7-5-11/h2,5,7-8H,1,3-4,6H2;11,13H,1-10H2.